The van der Waals surface area contributed by atoms with Crippen LogP contribution in [0.4, 0.5) is 5.69 Å². The number of aromatic nitrogens is 2. The van der Waals surface area contributed by atoms with Gasteiger partial charge in [-0.15, -0.1) is 0 Å². The molecule has 0 saturated carbocycles. The molecular weight excluding hydrogens is 214 g/mol. The minimum absolute atomic E-state index is 0.878. The first-order chi connectivity index (χ1) is 8.28. The van der Waals surface area contributed by atoms with E-state index in [2.05, 4.69) is 10.4 Å². The van der Waals surface area contributed by atoms with Gasteiger partial charge in [0.1, 0.15) is 5.75 Å². The predicted octanol–water partition coefficient (Wildman–Crippen LogP) is 2.08. The summed E-state index contributed by atoms with van der Waals surface area (Å²) in [7, 11) is 3.60. The molecule has 0 fully saturated rings. The van der Waals surface area contributed by atoms with Gasteiger partial charge in [0.2, 0.25) is 0 Å². The number of ether oxygens (including phenoxy) is 1. The fraction of sp³-hybridized carbons (Fsp3) is 0.308. The molecule has 1 aromatic heterocycles. The van der Waals surface area contributed by atoms with Crippen molar-refractivity contribution in [2.45, 2.75) is 6.42 Å². The molecule has 0 amide bonds. The van der Waals surface area contributed by atoms with Crippen molar-refractivity contribution in [2.75, 3.05) is 19.0 Å². The highest BCUT2D eigenvalue weighted by atomic mass is 16.5. The highest BCUT2D eigenvalue weighted by molar-refractivity contribution is 5.46. The second-order valence-electron chi connectivity index (χ2n) is 3.93. The molecule has 0 bridgehead atoms. The summed E-state index contributed by atoms with van der Waals surface area (Å²) < 4.78 is 6.93. The van der Waals surface area contributed by atoms with Gasteiger partial charge in [-0.3, -0.25) is 4.68 Å². The van der Waals surface area contributed by atoms with Gasteiger partial charge in [0, 0.05) is 25.5 Å². The normalized spacial score (nSPS) is 10.2. The van der Waals surface area contributed by atoms with E-state index in [0.717, 1.165) is 24.4 Å². The second kappa shape index (κ2) is 5.39. The van der Waals surface area contributed by atoms with Crippen molar-refractivity contribution in [1.82, 2.24) is 9.78 Å². The molecule has 4 heteroatoms. The lowest BCUT2D eigenvalue weighted by molar-refractivity contribution is 0.415. The standard InChI is InChI=1S/C13H17N3O/c1-16-10-11(9-15-16)7-8-14-12-3-5-13(17-2)6-4-12/h3-6,9-10,14H,7-8H2,1-2H3. The van der Waals surface area contributed by atoms with Gasteiger partial charge < -0.3 is 10.1 Å². The van der Waals surface area contributed by atoms with E-state index < -0.39 is 0 Å². The van der Waals surface area contributed by atoms with Gasteiger partial charge in [-0.1, -0.05) is 0 Å². The Bertz CT molecular complexity index is 462. The average molecular weight is 231 g/mol. The van der Waals surface area contributed by atoms with Crippen LogP contribution in [0, 0.1) is 0 Å². The third-order valence-corrected chi connectivity index (χ3v) is 2.59. The quantitative estimate of drug-likeness (QED) is 0.856. The van der Waals surface area contributed by atoms with E-state index in [1.165, 1.54) is 5.56 Å². The number of aryl methyl sites for hydroxylation is 1. The van der Waals surface area contributed by atoms with Gasteiger partial charge in [-0.05, 0) is 36.2 Å². The Morgan fingerprint density at radius 1 is 1.29 bits per heavy atom. The van der Waals surface area contributed by atoms with Crippen molar-refractivity contribution in [3.05, 3.63) is 42.2 Å². The number of nitrogens with zero attached hydrogens (tertiary/aromatic N) is 2. The number of benzene rings is 1. The summed E-state index contributed by atoms with van der Waals surface area (Å²) in [5.41, 5.74) is 2.35. The van der Waals surface area contributed by atoms with Crippen LogP contribution in [0.2, 0.25) is 0 Å². The van der Waals surface area contributed by atoms with Gasteiger partial charge in [0.25, 0.3) is 0 Å². The molecule has 17 heavy (non-hydrogen) atoms. The molecule has 1 heterocycles. The van der Waals surface area contributed by atoms with Gasteiger partial charge in [-0.2, -0.15) is 5.10 Å². The number of nitrogens with one attached hydrogen (secondary N) is 1. The van der Waals surface area contributed by atoms with E-state index in [1.54, 1.807) is 7.11 Å². The maximum absolute atomic E-state index is 5.11. The fourth-order valence-corrected chi connectivity index (χ4v) is 1.66. The van der Waals surface area contributed by atoms with Crippen LogP contribution in [0.1, 0.15) is 5.56 Å². The third-order valence-electron chi connectivity index (χ3n) is 2.59. The highest BCUT2D eigenvalue weighted by Gasteiger charge is 1.97. The summed E-state index contributed by atoms with van der Waals surface area (Å²) >= 11 is 0. The molecule has 0 radical (unpaired) electrons. The zero-order valence-electron chi connectivity index (χ0n) is 10.2. The maximum atomic E-state index is 5.11. The van der Waals surface area contributed by atoms with Crippen LogP contribution >= 0.6 is 0 Å². The highest BCUT2D eigenvalue weighted by Crippen LogP contribution is 2.14. The van der Waals surface area contributed by atoms with Crippen LogP contribution < -0.4 is 10.1 Å². The molecule has 0 saturated heterocycles. The Hall–Kier alpha value is -1.97. The van der Waals surface area contributed by atoms with E-state index in [0.29, 0.717) is 0 Å². The van der Waals surface area contributed by atoms with Gasteiger partial charge in [-0.25, -0.2) is 0 Å². The van der Waals surface area contributed by atoms with Gasteiger partial charge in [0.15, 0.2) is 0 Å². The molecular formula is C13H17N3O. The van der Waals surface area contributed by atoms with E-state index in [9.17, 15) is 0 Å². The van der Waals surface area contributed by atoms with Crippen LogP contribution in [-0.2, 0) is 13.5 Å². The molecule has 1 aromatic carbocycles. The SMILES string of the molecule is COc1ccc(NCCc2cnn(C)c2)cc1. The molecule has 0 unspecified atom stereocenters. The number of hydrogen-bond acceptors (Lipinski definition) is 3. The van der Waals surface area contributed by atoms with Crippen molar-refractivity contribution < 1.29 is 4.74 Å². The van der Waals surface area contributed by atoms with Crippen molar-refractivity contribution in [2.24, 2.45) is 7.05 Å². The first-order valence-electron chi connectivity index (χ1n) is 5.63. The molecule has 0 aliphatic heterocycles. The lowest BCUT2D eigenvalue weighted by Gasteiger charge is -2.06. The number of hydrogen-bond donors (Lipinski definition) is 1. The lowest BCUT2D eigenvalue weighted by atomic mass is 10.2. The molecule has 90 valence electrons. The minimum atomic E-state index is 0.878. The number of anilines is 1. The van der Waals surface area contributed by atoms with E-state index in [1.807, 2.05) is 48.4 Å². The predicted molar refractivity (Wildman–Crippen MR) is 68.4 cm³/mol. The van der Waals surface area contributed by atoms with Crippen molar-refractivity contribution in [3.63, 3.8) is 0 Å². The van der Waals surface area contributed by atoms with Gasteiger partial charge in [0.05, 0.1) is 13.3 Å². The molecule has 1 N–H and O–H groups in total. The summed E-state index contributed by atoms with van der Waals surface area (Å²) in [6.45, 7) is 0.901. The third kappa shape index (κ3) is 3.24. The van der Waals surface area contributed by atoms with Crippen molar-refractivity contribution in [3.8, 4) is 5.75 Å². The van der Waals surface area contributed by atoms with Gasteiger partial charge >= 0.3 is 0 Å². The first kappa shape index (κ1) is 11.5. The zero-order valence-corrected chi connectivity index (χ0v) is 10.2. The largest absolute Gasteiger partial charge is 0.497 e. The molecule has 0 spiro atoms. The number of rotatable bonds is 5. The Morgan fingerprint density at radius 3 is 2.65 bits per heavy atom. The Morgan fingerprint density at radius 2 is 2.06 bits per heavy atom. The fourth-order valence-electron chi connectivity index (χ4n) is 1.66. The second-order valence-corrected chi connectivity index (χ2v) is 3.93. The topological polar surface area (TPSA) is 39.1 Å². The van der Waals surface area contributed by atoms with E-state index >= 15 is 0 Å². The summed E-state index contributed by atoms with van der Waals surface area (Å²) in [5, 5.41) is 7.50. The molecule has 0 aliphatic carbocycles. The Balaban J connectivity index is 1.81. The summed E-state index contributed by atoms with van der Waals surface area (Å²) in [5.74, 6) is 0.878. The molecule has 2 aromatic rings. The molecule has 0 atom stereocenters. The first-order valence-corrected chi connectivity index (χ1v) is 5.63. The number of methoxy groups -OCH3 is 1. The lowest BCUT2D eigenvalue weighted by Crippen LogP contribution is -2.04. The molecule has 2 rings (SSSR count). The van der Waals surface area contributed by atoms with Crippen LogP contribution in [0.3, 0.4) is 0 Å². The summed E-state index contributed by atoms with van der Waals surface area (Å²) in [4.78, 5) is 0. The summed E-state index contributed by atoms with van der Waals surface area (Å²) in [6.07, 6.45) is 4.91. The van der Waals surface area contributed by atoms with Crippen LogP contribution in [0.5, 0.6) is 5.75 Å². The monoisotopic (exact) mass is 231 g/mol. The zero-order chi connectivity index (χ0) is 12.1. The van der Waals surface area contributed by atoms with Crippen molar-refractivity contribution >= 4 is 5.69 Å². The Labute approximate surface area is 101 Å². The van der Waals surface area contributed by atoms with E-state index in [-0.39, 0.29) is 0 Å². The summed E-state index contributed by atoms with van der Waals surface area (Å²) in [6, 6.07) is 7.93. The minimum Gasteiger partial charge on any atom is -0.497 e. The van der Waals surface area contributed by atoms with Crippen LogP contribution in [-0.4, -0.2) is 23.4 Å². The Kier molecular flexibility index (Phi) is 3.65. The maximum Gasteiger partial charge on any atom is 0.119 e. The van der Waals surface area contributed by atoms with E-state index in [4.69, 9.17) is 4.74 Å². The van der Waals surface area contributed by atoms with Crippen LogP contribution in [0.15, 0.2) is 36.7 Å². The molecule has 4 nitrogen and oxygen atoms in total. The van der Waals surface area contributed by atoms with Crippen molar-refractivity contribution in [1.29, 1.82) is 0 Å². The molecule has 0 aliphatic rings. The van der Waals surface area contributed by atoms with Crippen LogP contribution in [0.25, 0.3) is 0 Å². The smallest absolute Gasteiger partial charge is 0.119 e. The average Bonchev–Trinajstić information content (AvgIpc) is 2.76.